The van der Waals surface area contributed by atoms with E-state index in [0.717, 1.165) is 40.6 Å². The fraction of sp³-hybridized carbons (Fsp3) is 0.423. The second-order valence-electron chi connectivity index (χ2n) is 8.67. The Labute approximate surface area is 205 Å². The molecule has 1 saturated carbocycles. The van der Waals surface area contributed by atoms with Crippen LogP contribution < -0.4 is 14.8 Å². The van der Waals surface area contributed by atoms with Crippen LogP contribution in [0.1, 0.15) is 49.3 Å². The number of methoxy groups -OCH3 is 2. The number of carbonyl (C=O) groups is 1. The lowest BCUT2D eigenvalue weighted by molar-refractivity contribution is -0.113. The molecule has 1 aliphatic rings. The van der Waals surface area contributed by atoms with Crippen molar-refractivity contribution in [3.05, 3.63) is 47.5 Å². The fourth-order valence-corrected chi connectivity index (χ4v) is 5.17. The van der Waals surface area contributed by atoms with E-state index in [0.29, 0.717) is 17.5 Å². The number of amides is 1. The molecule has 0 atom stereocenters. The second kappa shape index (κ2) is 11.0. The number of thioether (sulfide) groups is 1. The lowest BCUT2D eigenvalue weighted by Crippen LogP contribution is -2.17. The normalized spacial score (nSPS) is 14.1. The predicted molar refractivity (Wildman–Crippen MR) is 136 cm³/mol. The second-order valence-corrected chi connectivity index (χ2v) is 9.62. The first-order valence-corrected chi connectivity index (χ1v) is 12.7. The minimum atomic E-state index is -0.0564. The number of nitrogens with one attached hydrogen (secondary N) is 1. The van der Waals surface area contributed by atoms with Crippen molar-refractivity contribution >= 4 is 23.4 Å². The smallest absolute Gasteiger partial charge is 0.234 e. The maximum atomic E-state index is 12.7. The molecule has 4 rings (SSSR count). The van der Waals surface area contributed by atoms with Gasteiger partial charge in [-0.05, 0) is 68.1 Å². The summed E-state index contributed by atoms with van der Waals surface area (Å²) in [7, 11) is 3.25. The molecule has 3 aromatic rings. The number of benzene rings is 2. The maximum absolute atomic E-state index is 12.7. The third-order valence-corrected chi connectivity index (χ3v) is 7.31. The van der Waals surface area contributed by atoms with Gasteiger partial charge >= 0.3 is 0 Å². The zero-order valence-electron chi connectivity index (χ0n) is 20.3. The molecule has 2 aromatic carbocycles. The van der Waals surface area contributed by atoms with E-state index in [4.69, 9.17) is 9.47 Å². The van der Waals surface area contributed by atoms with Gasteiger partial charge in [0.1, 0.15) is 0 Å². The van der Waals surface area contributed by atoms with Crippen LogP contribution >= 0.6 is 11.8 Å². The monoisotopic (exact) mass is 480 g/mol. The van der Waals surface area contributed by atoms with E-state index >= 15 is 0 Å². The van der Waals surface area contributed by atoms with E-state index in [-0.39, 0.29) is 11.7 Å². The van der Waals surface area contributed by atoms with Crippen molar-refractivity contribution in [2.75, 3.05) is 25.3 Å². The van der Waals surface area contributed by atoms with Gasteiger partial charge in [0.05, 0.1) is 20.0 Å². The molecule has 0 saturated heterocycles. The van der Waals surface area contributed by atoms with Crippen LogP contribution in [0.4, 0.5) is 5.69 Å². The molecule has 0 bridgehead atoms. The number of aromatic nitrogens is 3. The Hall–Kier alpha value is -3.00. The SMILES string of the molecule is COc1ccc(-c2nnc(SCC(=O)Nc3ccc(C)c(C)c3)n2C2CCCCC2)cc1OC. The first-order valence-electron chi connectivity index (χ1n) is 11.7. The van der Waals surface area contributed by atoms with Crippen molar-refractivity contribution in [2.24, 2.45) is 0 Å². The highest BCUT2D eigenvalue weighted by Gasteiger charge is 2.25. The molecule has 1 aromatic heterocycles. The van der Waals surface area contributed by atoms with Gasteiger partial charge in [-0.1, -0.05) is 37.1 Å². The first kappa shape index (κ1) is 24.1. The highest BCUT2D eigenvalue weighted by Crippen LogP contribution is 2.38. The van der Waals surface area contributed by atoms with Crippen LogP contribution in [0.25, 0.3) is 11.4 Å². The number of rotatable bonds is 8. The molecule has 8 heteroatoms. The van der Waals surface area contributed by atoms with Gasteiger partial charge in [-0.25, -0.2) is 0 Å². The highest BCUT2D eigenvalue weighted by molar-refractivity contribution is 7.99. The van der Waals surface area contributed by atoms with Crippen LogP contribution in [0.5, 0.6) is 11.5 Å². The van der Waals surface area contributed by atoms with Gasteiger partial charge in [-0.15, -0.1) is 10.2 Å². The van der Waals surface area contributed by atoms with E-state index in [1.165, 1.54) is 36.6 Å². The number of hydrogen-bond acceptors (Lipinski definition) is 6. The van der Waals surface area contributed by atoms with Crippen molar-refractivity contribution in [2.45, 2.75) is 57.1 Å². The molecule has 0 aliphatic heterocycles. The average molecular weight is 481 g/mol. The summed E-state index contributed by atoms with van der Waals surface area (Å²) in [6.07, 6.45) is 5.80. The van der Waals surface area contributed by atoms with Crippen molar-refractivity contribution < 1.29 is 14.3 Å². The number of carbonyl (C=O) groups excluding carboxylic acids is 1. The van der Waals surface area contributed by atoms with Crippen molar-refractivity contribution in [3.63, 3.8) is 0 Å². The molecule has 1 amide bonds. The van der Waals surface area contributed by atoms with Gasteiger partial charge in [-0.3, -0.25) is 9.36 Å². The third kappa shape index (κ3) is 5.38. The van der Waals surface area contributed by atoms with Crippen molar-refractivity contribution in [1.29, 1.82) is 0 Å². The Balaban J connectivity index is 1.57. The van der Waals surface area contributed by atoms with Gasteiger partial charge < -0.3 is 14.8 Å². The lowest BCUT2D eigenvalue weighted by Gasteiger charge is -2.25. The van der Waals surface area contributed by atoms with Gasteiger partial charge in [0, 0.05) is 17.3 Å². The number of ether oxygens (including phenoxy) is 2. The molecule has 1 aliphatic carbocycles. The summed E-state index contributed by atoms with van der Waals surface area (Å²) in [5.41, 5.74) is 4.09. The minimum absolute atomic E-state index is 0.0564. The summed E-state index contributed by atoms with van der Waals surface area (Å²) in [5.74, 6) is 2.33. The van der Waals surface area contributed by atoms with Crippen LogP contribution in [0, 0.1) is 13.8 Å². The summed E-state index contributed by atoms with van der Waals surface area (Å²) in [6.45, 7) is 4.10. The zero-order chi connectivity index (χ0) is 24.1. The van der Waals surface area contributed by atoms with Gasteiger partial charge in [0.2, 0.25) is 5.91 Å². The van der Waals surface area contributed by atoms with E-state index in [9.17, 15) is 4.79 Å². The molecule has 1 N–H and O–H groups in total. The number of hydrogen-bond donors (Lipinski definition) is 1. The van der Waals surface area contributed by atoms with E-state index in [2.05, 4.69) is 27.0 Å². The average Bonchev–Trinajstić information content (AvgIpc) is 3.29. The summed E-state index contributed by atoms with van der Waals surface area (Å²) < 4.78 is 13.1. The predicted octanol–water partition coefficient (Wildman–Crippen LogP) is 5.82. The Morgan fingerprint density at radius 1 is 1.00 bits per heavy atom. The molecular weight excluding hydrogens is 448 g/mol. The largest absolute Gasteiger partial charge is 0.493 e. The maximum Gasteiger partial charge on any atom is 0.234 e. The quantitative estimate of drug-likeness (QED) is 0.410. The number of anilines is 1. The summed E-state index contributed by atoms with van der Waals surface area (Å²) in [4.78, 5) is 12.7. The molecular formula is C26H32N4O3S. The minimum Gasteiger partial charge on any atom is -0.493 e. The van der Waals surface area contributed by atoms with E-state index in [1.807, 2.05) is 43.3 Å². The molecule has 7 nitrogen and oxygen atoms in total. The van der Waals surface area contributed by atoms with Gasteiger partial charge in [0.25, 0.3) is 0 Å². The summed E-state index contributed by atoms with van der Waals surface area (Å²) >= 11 is 1.43. The zero-order valence-corrected chi connectivity index (χ0v) is 21.1. The summed E-state index contributed by atoms with van der Waals surface area (Å²) in [5, 5.41) is 12.8. The molecule has 34 heavy (non-hydrogen) atoms. The molecule has 1 fully saturated rings. The Morgan fingerprint density at radius 3 is 2.47 bits per heavy atom. The third-order valence-electron chi connectivity index (χ3n) is 6.37. The van der Waals surface area contributed by atoms with Crippen LogP contribution in [-0.4, -0.2) is 40.6 Å². The first-order chi connectivity index (χ1) is 16.5. The summed E-state index contributed by atoms with van der Waals surface area (Å²) in [6, 6.07) is 12.1. The Bertz CT molecular complexity index is 1150. The molecule has 1 heterocycles. The number of nitrogens with zero attached hydrogens (tertiary/aromatic N) is 3. The van der Waals surface area contributed by atoms with E-state index in [1.54, 1.807) is 14.2 Å². The van der Waals surface area contributed by atoms with Crippen LogP contribution in [0.3, 0.4) is 0 Å². The topological polar surface area (TPSA) is 78.3 Å². The molecule has 180 valence electrons. The lowest BCUT2D eigenvalue weighted by atomic mass is 9.95. The van der Waals surface area contributed by atoms with Crippen molar-refractivity contribution in [3.8, 4) is 22.9 Å². The van der Waals surface area contributed by atoms with Gasteiger partial charge in [-0.2, -0.15) is 0 Å². The van der Waals surface area contributed by atoms with Gasteiger partial charge in [0.15, 0.2) is 22.5 Å². The molecule has 0 unspecified atom stereocenters. The molecule has 0 radical (unpaired) electrons. The Morgan fingerprint density at radius 2 is 1.76 bits per heavy atom. The number of aryl methyl sites for hydroxylation is 2. The highest BCUT2D eigenvalue weighted by atomic mass is 32.2. The Kier molecular flexibility index (Phi) is 7.77. The fourth-order valence-electron chi connectivity index (χ4n) is 4.36. The molecule has 0 spiro atoms. The standard InChI is InChI=1S/C26H32N4O3S/c1-17-10-12-20(14-18(17)2)27-24(31)16-34-26-29-28-25(30(26)21-8-6-5-7-9-21)19-11-13-22(32-3)23(15-19)33-4/h10-15,21H,5-9,16H2,1-4H3,(H,27,31). The van der Waals surface area contributed by atoms with Crippen LogP contribution in [0.2, 0.25) is 0 Å². The van der Waals surface area contributed by atoms with Crippen molar-refractivity contribution in [1.82, 2.24) is 14.8 Å². The van der Waals surface area contributed by atoms with E-state index < -0.39 is 0 Å². The van der Waals surface area contributed by atoms with Crippen LogP contribution in [-0.2, 0) is 4.79 Å². The van der Waals surface area contributed by atoms with Crippen LogP contribution in [0.15, 0.2) is 41.6 Å².